The Labute approximate surface area is 194 Å². The second-order valence-corrected chi connectivity index (χ2v) is 10.3. The topological polar surface area (TPSA) is 74.8 Å². The maximum atomic E-state index is 12.5. The molecule has 2 aromatic rings. The minimum absolute atomic E-state index is 0.114. The van der Waals surface area contributed by atoms with E-state index in [9.17, 15) is 9.59 Å². The van der Waals surface area contributed by atoms with Crippen LogP contribution in [0.15, 0.2) is 29.8 Å². The Hall–Kier alpha value is -2.45. The Bertz CT molecular complexity index is 897. The zero-order valence-corrected chi connectivity index (χ0v) is 20.3. The highest BCUT2D eigenvalue weighted by atomic mass is 32.1. The molecule has 0 unspecified atom stereocenters. The Morgan fingerprint density at radius 2 is 1.81 bits per heavy atom. The van der Waals surface area contributed by atoms with Crippen LogP contribution in [-0.4, -0.2) is 66.1 Å². The van der Waals surface area contributed by atoms with E-state index in [4.69, 9.17) is 4.74 Å². The molecule has 3 rings (SSSR count). The summed E-state index contributed by atoms with van der Waals surface area (Å²) in [6.45, 7) is 13.1. The molecule has 0 atom stereocenters. The Balaban J connectivity index is 1.40. The molecule has 0 radical (unpaired) electrons. The van der Waals surface area contributed by atoms with E-state index >= 15 is 0 Å². The van der Waals surface area contributed by atoms with Crippen molar-refractivity contribution < 1.29 is 14.3 Å². The number of aryl methyl sites for hydroxylation is 1. The number of hydrogen-bond acceptors (Lipinski definition) is 6. The molecule has 7 nitrogen and oxygen atoms in total. The molecule has 1 aliphatic heterocycles. The summed E-state index contributed by atoms with van der Waals surface area (Å²) in [4.78, 5) is 34.5. The van der Waals surface area contributed by atoms with Crippen molar-refractivity contribution in [3.05, 3.63) is 45.9 Å². The molecule has 1 fully saturated rings. The number of nitrogens with one attached hydrogen (secondary N) is 1. The quantitative estimate of drug-likeness (QED) is 0.679. The number of piperazine rings is 1. The molecule has 2 amide bonds. The van der Waals surface area contributed by atoms with Crippen LogP contribution in [0, 0.1) is 12.3 Å². The monoisotopic (exact) mass is 458 g/mol. The van der Waals surface area contributed by atoms with Crippen LogP contribution in [0.2, 0.25) is 0 Å². The van der Waals surface area contributed by atoms with E-state index in [1.165, 1.54) is 4.88 Å². The van der Waals surface area contributed by atoms with Crippen molar-refractivity contribution in [2.45, 2.75) is 40.5 Å². The van der Waals surface area contributed by atoms with Crippen molar-refractivity contribution in [3.63, 3.8) is 0 Å². The number of nitrogens with zero attached hydrogens (tertiary/aromatic N) is 3. The summed E-state index contributed by atoms with van der Waals surface area (Å²) in [6, 6.07) is 6.72. The standard InChI is InChI=1S/C24H34N4O3S/c1-18-21(32-17-26-18)9-12-27-13-15-28(16-14-27)23(30)31-20-7-5-19(6-8-20)22(29)25-11-10-24(2,3)4/h5-8,17H,9-16H2,1-4H3,(H,25,29). The average molecular weight is 459 g/mol. The lowest BCUT2D eigenvalue weighted by atomic mass is 9.92. The maximum absolute atomic E-state index is 12.5. The fraction of sp³-hybridized carbons (Fsp3) is 0.542. The molecule has 1 aromatic heterocycles. The van der Waals surface area contributed by atoms with Gasteiger partial charge in [-0.15, -0.1) is 11.3 Å². The first-order chi connectivity index (χ1) is 15.2. The summed E-state index contributed by atoms with van der Waals surface area (Å²) >= 11 is 1.70. The van der Waals surface area contributed by atoms with E-state index in [-0.39, 0.29) is 17.4 Å². The predicted molar refractivity (Wildman–Crippen MR) is 127 cm³/mol. The van der Waals surface area contributed by atoms with Crippen molar-refractivity contribution in [2.24, 2.45) is 5.41 Å². The van der Waals surface area contributed by atoms with Gasteiger partial charge in [-0.05, 0) is 49.4 Å². The van der Waals surface area contributed by atoms with E-state index in [0.717, 1.165) is 38.2 Å². The van der Waals surface area contributed by atoms with Gasteiger partial charge in [-0.1, -0.05) is 20.8 Å². The van der Waals surface area contributed by atoms with E-state index in [2.05, 4.69) is 36.0 Å². The first kappa shape index (κ1) is 24.2. The van der Waals surface area contributed by atoms with Gasteiger partial charge in [0.2, 0.25) is 0 Å². The highest BCUT2D eigenvalue weighted by molar-refractivity contribution is 7.09. The second-order valence-electron chi connectivity index (χ2n) is 9.40. The van der Waals surface area contributed by atoms with E-state index in [0.29, 0.717) is 30.9 Å². The molecule has 1 N–H and O–H groups in total. The Kier molecular flexibility index (Phi) is 8.26. The molecule has 174 valence electrons. The number of carbonyl (C=O) groups is 2. The molecule has 1 aromatic carbocycles. The van der Waals surface area contributed by atoms with Gasteiger partial charge in [0.15, 0.2) is 0 Å². The summed E-state index contributed by atoms with van der Waals surface area (Å²) in [5, 5.41) is 2.93. The lowest BCUT2D eigenvalue weighted by Crippen LogP contribution is -2.49. The van der Waals surface area contributed by atoms with Crippen LogP contribution < -0.4 is 10.1 Å². The van der Waals surface area contributed by atoms with Crippen molar-refractivity contribution in [3.8, 4) is 5.75 Å². The maximum Gasteiger partial charge on any atom is 0.415 e. The van der Waals surface area contributed by atoms with Crippen LogP contribution >= 0.6 is 11.3 Å². The summed E-state index contributed by atoms with van der Waals surface area (Å²) in [7, 11) is 0. The largest absolute Gasteiger partial charge is 0.415 e. The number of ether oxygens (including phenoxy) is 1. The minimum atomic E-state index is -0.342. The highest BCUT2D eigenvalue weighted by Crippen LogP contribution is 2.18. The van der Waals surface area contributed by atoms with Crippen molar-refractivity contribution in [1.29, 1.82) is 0 Å². The lowest BCUT2D eigenvalue weighted by Gasteiger charge is -2.33. The number of hydrogen-bond donors (Lipinski definition) is 1. The van der Waals surface area contributed by atoms with E-state index in [1.807, 2.05) is 12.4 Å². The third-order valence-corrected chi connectivity index (χ3v) is 6.61. The molecule has 8 heteroatoms. The molecule has 32 heavy (non-hydrogen) atoms. The van der Waals surface area contributed by atoms with Crippen LogP contribution in [-0.2, 0) is 6.42 Å². The van der Waals surface area contributed by atoms with Crippen LogP contribution in [0.4, 0.5) is 4.79 Å². The van der Waals surface area contributed by atoms with E-state index in [1.54, 1.807) is 40.5 Å². The SMILES string of the molecule is Cc1ncsc1CCN1CCN(C(=O)Oc2ccc(C(=O)NCCC(C)(C)C)cc2)CC1. The highest BCUT2D eigenvalue weighted by Gasteiger charge is 2.23. The van der Waals surface area contributed by atoms with Gasteiger partial charge in [0, 0.05) is 49.7 Å². The molecule has 0 spiro atoms. The zero-order valence-electron chi connectivity index (χ0n) is 19.5. The number of carbonyl (C=O) groups excluding carboxylic acids is 2. The normalized spacial score (nSPS) is 14.9. The third kappa shape index (κ3) is 7.31. The molecule has 0 bridgehead atoms. The molecular weight excluding hydrogens is 424 g/mol. The van der Waals surface area contributed by atoms with Crippen LogP contribution in [0.1, 0.15) is 48.1 Å². The number of amides is 2. The second kappa shape index (κ2) is 10.9. The van der Waals surface area contributed by atoms with Gasteiger partial charge in [0.05, 0.1) is 11.2 Å². The fourth-order valence-corrected chi connectivity index (χ4v) is 4.24. The van der Waals surface area contributed by atoms with Gasteiger partial charge in [-0.3, -0.25) is 9.69 Å². The van der Waals surface area contributed by atoms with Crippen molar-refractivity contribution in [1.82, 2.24) is 20.1 Å². The lowest BCUT2D eigenvalue weighted by molar-refractivity contribution is 0.0949. The summed E-state index contributed by atoms with van der Waals surface area (Å²) in [5.74, 6) is 0.334. The van der Waals surface area contributed by atoms with Crippen LogP contribution in [0.25, 0.3) is 0 Å². The molecule has 1 saturated heterocycles. The number of aromatic nitrogens is 1. The molecule has 2 heterocycles. The van der Waals surface area contributed by atoms with Gasteiger partial charge >= 0.3 is 6.09 Å². The van der Waals surface area contributed by atoms with Gasteiger partial charge < -0.3 is 15.0 Å². The Morgan fingerprint density at radius 1 is 1.12 bits per heavy atom. The minimum Gasteiger partial charge on any atom is -0.410 e. The van der Waals surface area contributed by atoms with Gasteiger partial charge in [-0.2, -0.15) is 0 Å². The van der Waals surface area contributed by atoms with Crippen LogP contribution in [0.5, 0.6) is 5.75 Å². The van der Waals surface area contributed by atoms with Crippen LogP contribution in [0.3, 0.4) is 0 Å². The number of thiazole rings is 1. The van der Waals surface area contributed by atoms with Crippen molar-refractivity contribution >= 4 is 23.3 Å². The van der Waals surface area contributed by atoms with Gasteiger partial charge in [0.1, 0.15) is 5.75 Å². The number of rotatable bonds is 7. The summed E-state index contributed by atoms with van der Waals surface area (Å²) in [5.41, 5.74) is 3.75. The Morgan fingerprint density at radius 3 is 2.41 bits per heavy atom. The zero-order chi connectivity index (χ0) is 23.1. The third-order valence-electron chi connectivity index (χ3n) is 5.61. The summed E-state index contributed by atoms with van der Waals surface area (Å²) in [6.07, 6.45) is 1.56. The molecule has 0 aliphatic carbocycles. The first-order valence-electron chi connectivity index (χ1n) is 11.2. The van der Waals surface area contributed by atoms with Gasteiger partial charge in [0.25, 0.3) is 5.91 Å². The summed E-state index contributed by atoms with van der Waals surface area (Å²) < 4.78 is 5.51. The first-order valence-corrected chi connectivity index (χ1v) is 12.1. The van der Waals surface area contributed by atoms with E-state index < -0.39 is 0 Å². The van der Waals surface area contributed by atoms with Gasteiger partial charge in [-0.25, -0.2) is 9.78 Å². The molecule has 1 aliphatic rings. The fourth-order valence-electron chi connectivity index (χ4n) is 3.47. The smallest absolute Gasteiger partial charge is 0.410 e. The molecule has 0 saturated carbocycles. The predicted octanol–water partition coefficient (Wildman–Crippen LogP) is 3.98. The number of benzene rings is 1. The average Bonchev–Trinajstić information content (AvgIpc) is 3.17. The van der Waals surface area contributed by atoms with Crippen molar-refractivity contribution in [2.75, 3.05) is 39.3 Å². The molecular formula is C24H34N4O3S.